The third-order valence-electron chi connectivity index (χ3n) is 4.54. The van der Waals surface area contributed by atoms with Gasteiger partial charge in [-0.15, -0.1) is 0 Å². The predicted molar refractivity (Wildman–Crippen MR) is 108 cm³/mol. The van der Waals surface area contributed by atoms with E-state index < -0.39 is 10.5 Å². The van der Waals surface area contributed by atoms with Gasteiger partial charge in [-0.3, -0.25) is 10.1 Å². The first-order valence-electron chi connectivity index (χ1n) is 9.03. The molecule has 0 radical (unpaired) electrons. The second-order valence-corrected chi connectivity index (χ2v) is 8.23. The van der Waals surface area contributed by atoms with Gasteiger partial charge in [0.15, 0.2) is 0 Å². The Morgan fingerprint density at radius 1 is 1.25 bits per heavy atom. The van der Waals surface area contributed by atoms with Crippen molar-refractivity contribution in [2.24, 2.45) is 0 Å². The Labute approximate surface area is 168 Å². The minimum Gasteiger partial charge on any atom is -0.444 e. The third-order valence-corrected chi connectivity index (χ3v) is 4.95. The normalized spacial score (nSPS) is 15.0. The smallest absolute Gasteiger partial charge is 0.410 e. The summed E-state index contributed by atoms with van der Waals surface area (Å²) < 4.78 is 5.41. The van der Waals surface area contributed by atoms with Gasteiger partial charge in [-0.1, -0.05) is 11.6 Å². The molecule has 1 fully saturated rings. The van der Waals surface area contributed by atoms with Gasteiger partial charge in [-0.2, -0.15) is 0 Å². The summed E-state index contributed by atoms with van der Waals surface area (Å²) in [5.74, 6) is 0. The van der Waals surface area contributed by atoms with Crippen LogP contribution in [0.5, 0.6) is 0 Å². The van der Waals surface area contributed by atoms with Crippen LogP contribution < -0.4 is 4.90 Å². The van der Waals surface area contributed by atoms with Crippen LogP contribution in [0, 0.1) is 17.0 Å². The molecule has 1 amide bonds. The Balaban J connectivity index is 1.92. The van der Waals surface area contributed by atoms with Crippen molar-refractivity contribution in [3.63, 3.8) is 0 Å². The first kappa shape index (κ1) is 20.1. The fraction of sp³-hybridized carbons (Fsp3) is 0.474. The Hall–Kier alpha value is -2.61. The molecule has 0 N–H and O–H groups in total. The summed E-state index contributed by atoms with van der Waals surface area (Å²) >= 11 is 6.19. The highest BCUT2D eigenvalue weighted by atomic mass is 35.5. The van der Waals surface area contributed by atoms with Gasteiger partial charge < -0.3 is 14.5 Å². The second-order valence-electron chi connectivity index (χ2n) is 7.82. The standard InChI is InChI=1S/C19H23ClN4O4/c1-12-9-13-15(10-14(12)20)21-11-16(24(26)27)17(13)22-5-7-23(8-6-22)18(25)28-19(2,3)4/h9-11H,5-8H2,1-4H3. The molecule has 1 saturated heterocycles. The zero-order valence-electron chi connectivity index (χ0n) is 16.4. The van der Waals surface area contributed by atoms with E-state index in [0.29, 0.717) is 47.8 Å². The van der Waals surface area contributed by atoms with Gasteiger partial charge in [-0.05, 0) is 45.4 Å². The maximum absolute atomic E-state index is 12.3. The monoisotopic (exact) mass is 406 g/mol. The molecule has 0 spiro atoms. The number of halogens is 1. The van der Waals surface area contributed by atoms with Crippen LogP contribution in [0.2, 0.25) is 5.02 Å². The van der Waals surface area contributed by atoms with Crippen molar-refractivity contribution in [3.05, 3.63) is 39.0 Å². The zero-order chi connectivity index (χ0) is 20.6. The first-order valence-corrected chi connectivity index (χ1v) is 9.41. The molecule has 0 saturated carbocycles. The quantitative estimate of drug-likeness (QED) is 0.549. The largest absolute Gasteiger partial charge is 0.444 e. The van der Waals surface area contributed by atoms with Gasteiger partial charge in [0.1, 0.15) is 17.5 Å². The van der Waals surface area contributed by atoms with Crippen molar-refractivity contribution in [2.45, 2.75) is 33.3 Å². The van der Waals surface area contributed by atoms with Gasteiger partial charge in [0, 0.05) is 36.6 Å². The fourth-order valence-corrected chi connectivity index (χ4v) is 3.36. The molecule has 1 aromatic carbocycles. The highest BCUT2D eigenvalue weighted by Gasteiger charge is 2.30. The number of ether oxygens (including phenoxy) is 1. The molecule has 28 heavy (non-hydrogen) atoms. The maximum atomic E-state index is 12.3. The van der Waals surface area contributed by atoms with Crippen molar-refractivity contribution in [2.75, 3.05) is 31.1 Å². The van der Waals surface area contributed by atoms with Crippen LogP contribution in [0.25, 0.3) is 10.9 Å². The number of nitro groups is 1. The Morgan fingerprint density at radius 2 is 1.89 bits per heavy atom. The fourth-order valence-electron chi connectivity index (χ4n) is 3.20. The number of pyridine rings is 1. The van der Waals surface area contributed by atoms with Gasteiger partial charge in [-0.25, -0.2) is 9.78 Å². The molecule has 1 aliphatic rings. The molecule has 3 rings (SSSR count). The van der Waals surface area contributed by atoms with E-state index in [0.717, 1.165) is 5.56 Å². The lowest BCUT2D eigenvalue weighted by Gasteiger charge is -2.36. The number of anilines is 1. The van der Waals surface area contributed by atoms with Gasteiger partial charge in [0.25, 0.3) is 0 Å². The minimum atomic E-state index is -0.564. The van der Waals surface area contributed by atoms with E-state index in [4.69, 9.17) is 16.3 Å². The third kappa shape index (κ3) is 4.11. The predicted octanol–water partition coefficient (Wildman–Crippen LogP) is 4.16. The number of aromatic nitrogens is 1. The van der Waals surface area contributed by atoms with Crippen molar-refractivity contribution in [1.29, 1.82) is 0 Å². The number of benzene rings is 1. The molecule has 1 aliphatic heterocycles. The average molecular weight is 407 g/mol. The van der Waals surface area contributed by atoms with Crippen LogP contribution in [0.15, 0.2) is 18.3 Å². The van der Waals surface area contributed by atoms with E-state index in [1.54, 1.807) is 11.0 Å². The Kier molecular flexibility index (Phi) is 5.34. The summed E-state index contributed by atoms with van der Waals surface area (Å²) in [6.07, 6.45) is 0.896. The number of rotatable bonds is 2. The molecule has 8 nitrogen and oxygen atoms in total. The summed E-state index contributed by atoms with van der Waals surface area (Å²) in [7, 11) is 0. The van der Waals surface area contributed by atoms with Crippen molar-refractivity contribution < 1.29 is 14.5 Å². The Morgan fingerprint density at radius 3 is 2.46 bits per heavy atom. The van der Waals surface area contributed by atoms with Crippen molar-refractivity contribution in [1.82, 2.24) is 9.88 Å². The summed E-state index contributed by atoms with van der Waals surface area (Å²) in [5.41, 5.74) is 1.32. The molecule has 0 aliphatic carbocycles. The maximum Gasteiger partial charge on any atom is 0.410 e. The number of carbonyl (C=O) groups is 1. The molecule has 0 unspecified atom stereocenters. The molecule has 1 aromatic heterocycles. The van der Waals surface area contributed by atoms with Gasteiger partial charge in [0.05, 0.1) is 10.4 Å². The number of hydrogen-bond donors (Lipinski definition) is 0. The van der Waals surface area contributed by atoms with E-state index in [1.807, 2.05) is 38.7 Å². The lowest BCUT2D eigenvalue weighted by molar-refractivity contribution is -0.384. The van der Waals surface area contributed by atoms with Crippen LogP contribution >= 0.6 is 11.6 Å². The number of piperazine rings is 1. The Bertz CT molecular complexity index is 934. The molecule has 2 heterocycles. The lowest BCUT2D eigenvalue weighted by Crippen LogP contribution is -2.50. The van der Waals surface area contributed by atoms with E-state index >= 15 is 0 Å². The van der Waals surface area contributed by atoms with E-state index in [1.165, 1.54) is 6.20 Å². The van der Waals surface area contributed by atoms with Crippen LogP contribution in [0.4, 0.5) is 16.2 Å². The number of hydrogen-bond acceptors (Lipinski definition) is 6. The number of nitrogens with zero attached hydrogens (tertiary/aromatic N) is 4. The minimum absolute atomic E-state index is 0.0556. The molecule has 150 valence electrons. The summed E-state index contributed by atoms with van der Waals surface area (Å²) in [5, 5.41) is 12.9. The molecule has 9 heteroatoms. The number of fused-ring (bicyclic) bond motifs is 1. The number of carbonyl (C=O) groups excluding carboxylic acids is 1. The van der Waals surface area contributed by atoms with Crippen molar-refractivity contribution >= 4 is 40.0 Å². The van der Waals surface area contributed by atoms with E-state index in [9.17, 15) is 14.9 Å². The van der Waals surface area contributed by atoms with E-state index in [2.05, 4.69) is 4.98 Å². The van der Waals surface area contributed by atoms with E-state index in [-0.39, 0.29) is 11.8 Å². The van der Waals surface area contributed by atoms with Crippen LogP contribution in [-0.2, 0) is 4.74 Å². The molecular weight excluding hydrogens is 384 g/mol. The van der Waals surface area contributed by atoms with Crippen LogP contribution in [-0.4, -0.2) is 52.7 Å². The molecule has 2 aromatic rings. The molecule has 0 bridgehead atoms. The topological polar surface area (TPSA) is 88.8 Å². The van der Waals surface area contributed by atoms with Gasteiger partial charge >= 0.3 is 11.8 Å². The van der Waals surface area contributed by atoms with Crippen LogP contribution in [0.3, 0.4) is 0 Å². The van der Waals surface area contributed by atoms with Crippen molar-refractivity contribution in [3.8, 4) is 0 Å². The summed E-state index contributed by atoms with van der Waals surface area (Å²) in [4.78, 5) is 31.2. The highest BCUT2D eigenvalue weighted by molar-refractivity contribution is 6.32. The summed E-state index contributed by atoms with van der Waals surface area (Å²) in [6.45, 7) is 9.07. The summed E-state index contributed by atoms with van der Waals surface area (Å²) in [6, 6.07) is 3.55. The second kappa shape index (κ2) is 7.43. The SMILES string of the molecule is Cc1cc2c(N3CCN(C(=O)OC(C)(C)C)CC3)c([N+](=O)[O-])cnc2cc1Cl. The first-order chi connectivity index (χ1) is 13.1. The zero-order valence-corrected chi connectivity index (χ0v) is 17.1. The van der Waals surface area contributed by atoms with Gasteiger partial charge in [0.2, 0.25) is 0 Å². The molecule has 0 atom stereocenters. The average Bonchev–Trinajstić information content (AvgIpc) is 2.60. The molecular formula is C19H23ClN4O4. The highest BCUT2D eigenvalue weighted by Crippen LogP contribution is 2.37. The lowest BCUT2D eigenvalue weighted by atomic mass is 10.1. The van der Waals surface area contributed by atoms with Crippen LogP contribution in [0.1, 0.15) is 26.3 Å². The number of aryl methyl sites for hydroxylation is 1. The number of amides is 1.